The molecule has 0 bridgehead atoms. The van der Waals surface area contributed by atoms with Crippen LogP contribution in [0.5, 0.6) is 23.4 Å². The first-order valence-corrected chi connectivity index (χ1v) is 16.4. The maximum atomic E-state index is 13.3. The van der Waals surface area contributed by atoms with Crippen molar-refractivity contribution in [1.82, 2.24) is 29.1 Å². The predicted octanol–water partition coefficient (Wildman–Crippen LogP) is 4.60. The van der Waals surface area contributed by atoms with Gasteiger partial charge in [-0.25, -0.2) is 15.2 Å². The van der Waals surface area contributed by atoms with E-state index in [2.05, 4.69) is 36.4 Å². The first-order valence-electron chi connectivity index (χ1n) is 14.9. The van der Waals surface area contributed by atoms with Gasteiger partial charge in [0.2, 0.25) is 5.88 Å². The third kappa shape index (κ3) is 7.76. The van der Waals surface area contributed by atoms with Crippen molar-refractivity contribution in [3.63, 3.8) is 0 Å². The number of hydrogen-bond acceptors (Lipinski definition) is 11. The first-order chi connectivity index (χ1) is 24.4. The Labute approximate surface area is 308 Å². The number of carbonyl (C=O) groups excluding carboxylic acids is 1. The highest BCUT2D eigenvalue weighted by atomic mass is 79.9. The molecule has 3 aromatic heterocycles. The number of pyridine rings is 1. The SMILES string of the molecule is COCc1c(Br)c(C)nc(OCC(=O)NN=Cc2ccc(Oc3nc4c(c(=O)n(C)c(=O)n4C)n3Cc3ccc(Cl)cc3Cl)c(OC)c2)c1C#N. The Morgan fingerprint density at radius 3 is 2.55 bits per heavy atom. The van der Waals surface area contributed by atoms with Crippen molar-refractivity contribution in [1.29, 1.82) is 5.26 Å². The molecule has 0 radical (unpaired) electrons. The number of carbonyl (C=O) groups is 1. The van der Waals surface area contributed by atoms with Crippen molar-refractivity contribution in [3.8, 4) is 29.5 Å². The highest BCUT2D eigenvalue weighted by Crippen LogP contribution is 2.34. The molecule has 5 aromatic rings. The fourth-order valence-electron chi connectivity index (χ4n) is 4.98. The van der Waals surface area contributed by atoms with Crippen LogP contribution < -0.4 is 30.9 Å². The molecule has 2 aromatic carbocycles. The number of amides is 1. The summed E-state index contributed by atoms with van der Waals surface area (Å²) in [6.45, 7) is 1.48. The average molecular weight is 800 g/mol. The van der Waals surface area contributed by atoms with Crippen molar-refractivity contribution >= 4 is 62.4 Å². The van der Waals surface area contributed by atoms with E-state index in [0.717, 1.165) is 4.57 Å². The van der Waals surface area contributed by atoms with Crippen LogP contribution >= 0.6 is 39.1 Å². The van der Waals surface area contributed by atoms with Gasteiger partial charge in [0.25, 0.3) is 11.5 Å². The van der Waals surface area contributed by atoms with Crippen LogP contribution in [0.3, 0.4) is 0 Å². The molecule has 0 spiro atoms. The van der Waals surface area contributed by atoms with Crippen molar-refractivity contribution in [2.45, 2.75) is 20.1 Å². The smallest absolute Gasteiger partial charge is 0.332 e. The van der Waals surface area contributed by atoms with E-state index in [-0.39, 0.29) is 53.3 Å². The van der Waals surface area contributed by atoms with Gasteiger partial charge in [-0.3, -0.25) is 23.3 Å². The monoisotopic (exact) mass is 798 g/mol. The molecule has 51 heavy (non-hydrogen) atoms. The quantitative estimate of drug-likeness (QED) is 0.139. The molecule has 0 saturated heterocycles. The second kappa shape index (κ2) is 15.8. The van der Waals surface area contributed by atoms with E-state index in [4.69, 9.17) is 42.1 Å². The van der Waals surface area contributed by atoms with Gasteiger partial charge in [-0.2, -0.15) is 15.3 Å². The lowest BCUT2D eigenvalue weighted by molar-refractivity contribution is -0.123. The number of fused-ring (bicyclic) bond motifs is 1. The number of ether oxygens (including phenoxy) is 4. The molecule has 0 aliphatic rings. The van der Waals surface area contributed by atoms with Crippen LogP contribution in [0.2, 0.25) is 10.0 Å². The second-order valence-electron chi connectivity index (χ2n) is 10.9. The summed E-state index contributed by atoms with van der Waals surface area (Å²) in [6.07, 6.45) is 1.38. The third-order valence-corrected chi connectivity index (χ3v) is 9.20. The molecule has 0 aliphatic heterocycles. The van der Waals surface area contributed by atoms with Gasteiger partial charge in [0.1, 0.15) is 11.6 Å². The Morgan fingerprint density at radius 2 is 1.86 bits per heavy atom. The summed E-state index contributed by atoms with van der Waals surface area (Å²) in [5, 5.41) is 14.4. The van der Waals surface area contributed by atoms with Crippen LogP contribution in [0.25, 0.3) is 11.2 Å². The van der Waals surface area contributed by atoms with Crippen LogP contribution in [-0.2, 0) is 36.8 Å². The zero-order valence-electron chi connectivity index (χ0n) is 27.8. The molecule has 1 amide bonds. The maximum Gasteiger partial charge on any atom is 0.332 e. The van der Waals surface area contributed by atoms with Crippen molar-refractivity contribution in [3.05, 3.63) is 99.7 Å². The van der Waals surface area contributed by atoms with E-state index < -0.39 is 23.8 Å². The molecule has 0 unspecified atom stereocenters. The third-order valence-electron chi connectivity index (χ3n) is 7.56. The number of rotatable bonds is 12. The summed E-state index contributed by atoms with van der Waals surface area (Å²) in [5.74, 6) is -0.104. The number of nitrogens with one attached hydrogen (secondary N) is 1. The molecule has 15 nitrogen and oxygen atoms in total. The van der Waals surface area contributed by atoms with E-state index in [1.165, 1.54) is 43.7 Å². The molecule has 0 aliphatic carbocycles. The standard InChI is InChI=1S/C33H29BrCl2N8O7/c1-17-27(34)22(15-48-4)21(12-37)30(39-17)50-16-26(45)41-38-13-18-6-9-24(25(10-18)49-5)51-32-40-29-28(31(46)43(3)33(47)42(29)2)44(32)14-19-7-8-20(35)11-23(19)36/h6-11,13H,14-16H2,1-5H3,(H,41,45). The second-order valence-corrected chi connectivity index (χ2v) is 12.5. The number of hydrogen-bond donors (Lipinski definition) is 1. The number of aromatic nitrogens is 5. The van der Waals surface area contributed by atoms with Gasteiger partial charge in [-0.05, 0) is 64.3 Å². The number of hydrazone groups is 1. The van der Waals surface area contributed by atoms with Gasteiger partial charge in [0.15, 0.2) is 29.3 Å². The zero-order valence-corrected chi connectivity index (χ0v) is 30.9. The van der Waals surface area contributed by atoms with Crippen LogP contribution in [0.15, 0.2) is 55.6 Å². The number of nitriles is 1. The normalized spacial score (nSPS) is 11.2. The number of halogens is 3. The van der Waals surface area contributed by atoms with Gasteiger partial charge in [-0.1, -0.05) is 29.3 Å². The number of methoxy groups -OCH3 is 2. The lowest BCUT2D eigenvalue weighted by Crippen LogP contribution is -2.37. The minimum absolute atomic E-state index is 0.00270. The number of aryl methyl sites for hydroxylation is 2. The molecule has 264 valence electrons. The number of imidazole rings is 1. The maximum absolute atomic E-state index is 13.3. The predicted molar refractivity (Wildman–Crippen MR) is 192 cm³/mol. The highest BCUT2D eigenvalue weighted by Gasteiger charge is 2.23. The minimum Gasteiger partial charge on any atom is -0.493 e. The van der Waals surface area contributed by atoms with Crippen molar-refractivity contribution in [2.24, 2.45) is 19.2 Å². The summed E-state index contributed by atoms with van der Waals surface area (Å²) in [4.78, 5) is 47.3. The molecule has 0 fully saturated rings. The molecule has 5 rings (SSSR count). The first kappa shape index (κ1) is 37.1. The Hall–Kier alpha value is -5.21. The van der Waals surface area contributed by atoms with Crippen molar-refractivity contribution < 1.29 is 23.7 Å². The fraction of sp³-hybridized carbons (Fsp3) is 0.242. The van der Waals surface area contributed by atoms with E-state index in [1.54, 1.807) is 43.3 Å². The Kier molecular flexibility index (Phi) is 11.5. The molecule has 0 saturated carbocycles. The minimum atomic E-state index is -0.599. The van der Waals surface area contributed by atoms with Crippen LogP contribution in [0, 0.1) is 18.3 Å². The summed E-state index contributed by atoms with van der Waals surface area (Å²) >= 11 is 16.0. The van der Waals surface area contributed by atoms with E-state index in [9.17, 15) is 19.6 Å². The molecule has 18 heteroatoms. The van der Waals surface area contributed by atoms with Gasteiger partial charge < -0.3 is 18.9 Å². The Balaban J connectivity index is 1.36. The summed E-state index contributed by atoms with van der Waals surface area (Å²) in [7, 11) is 5.81. The van der Waals surface area contributed by atoms with Crippen LogP contribution in [-0.4, -0.2) is 56.6 Å². The number of benzene rings is 2. The lowest BCUT2D eigenvalue weighted by atomic mass is 10.1. The van der Waals surface area contributed by atoms with Gasteiger partial charge >= 0.3 is 11.7 Å². The number of nitrogens with zero attached hydrogens (tertiary/aromatic N) is 7. The Bertz CT molecular complexity index is 2370. The summed E-state index contributed by atoms with van der Waals surface area (Å²) in [5.41, 5.74) is 3.88. The zero-order chi connectivity index (χ0) is 37.0. The highest BCUT2D eigenvalue weighted by molar-refractivity contribution is 9.10. The van der Waals surface area contributed by atoms with Gasteiger partial charge in [0.05, 0.1) is 32.2 Å². The van der Waals surface area contributed by atoms with E-state index in [1.807, 2.05) is 6.07 Å². The van der Waals surface area contributed by atoms with E-state index >= 15 is 0 Å². The van der Waals surface area contributed by atoms with E-state index in [0.29, 0.717) is 36.9 Å². The average Bonchev–Trinajstić information content (AvgIpc) is 3.46. The molecule has 1 N–H and O–H groups in total. The largest absolute Gasteiger partial charge is 0.493 e. The summed E-state index contributed by atoms with van der Waals surface area (Å²) in [6, 6.07) is 11.8. The van der Waals surface area contributed by atoms with Crippen LogP contribution in [0.1, 0.15) is 27.9 Å². The van der Waals surface area contributed by atoms with Crippen molar-refractivity contribution in [2.75, 3.05) is 20.8 Å². The molecular formula is C33H29BrCl2N8O7. The molecular weight excluding hydrogens is 771 g/mol. The lowest BCUT2D eigenvalue weighted by Gasteiger charge is -2.13. The molecule has 0 atom stereocenters. The fourth-order valence-corrected chi connectivity index (χ4v) is 5.85. The Morgan fingerprint density at radius 1 is 1.10 bits per heavy atom. The van der Waals surface area contributed by atoms with Gasteiger partial charge in [0, 0.05) is 41.3 Å². The topological polar surface area (TPSA) is 177 Å². The van der Waals surface area contributed by atoms with Crippen LogP contribution in [0.4, 0.5) is 0 Å². The van der Waals surface area contributed by atoms with Gasteiger partial charge in [-0.15, -0.1) is 0 Å². The molecule has 3 heterocycles. The summed E-state index contributed by atoms with van der Waals surface area (Å²) < 4.78 is 26.8.